The van der Waals surface area contributed by atoms with Crippen LogP contribution in [0.2, 0.25) is 0 Å². The molecule has 2 heterocycles. The largest absolute Gasteiger partial charge is 0.355 e. The third-order valence-corrected chi connectivity index (χ3v) is 5.81. The van der Waals surface area contributed by atoms with Gasteiger partial charge in [0, 0.05) is 63.8 Å². The van der Waals surface area contributed by atoms with Crippen LogP contribution in [0.5, 0.6) is 0 Å². The van der Waals surface area contributed by atoms with E-state index in [-0.39, 0.29) is 17.7 Å². The normalized spacial score (nSPS) is 19.8. The zero-order valence-electron chi connectivity index (χ0n) is 16.4. The molecular weight excluding hydrogens is 340 g/mol. The Morgan fingerprint density at radius 1 is 0.963 bits per heavy atom. The summed E-state index contributed by atoms with van der Waals surface area (Å²) < 4.78 is 0. The lowest BCUT2D eigenvalue weighted by Gasteiger charge is -2.34. The molecule has 0 bridgehead atoms. The molecule has 0 spiro atoms. The smallest absolute Gasteiger partial charge is 0.253 e. The molecule has 1 aromatic rings. The quantitative estimate of drug-likeness (QED) is 0.818. The zero-order chi connectivity index (χ0) is 19.1. The predicted octanol–water partition coefficient (Wildman–Crippen LogP) is 1.29. The van der Waals surface area contributed by atoms with Crippen molar-refractivity contribution in [1.82, 2.24) is 20.0 Å². The van der Waals surface area contributed by atoms with Crippen molar-refractivity contribution >= 4 is 11.8 Å². The molecule has 0 aromatic heterocycles. The monoisotopic (exact) mass is 372 g/mol. The number of nitrogens with zero attached hydrogens (tertiary/aromatic N) is 3. The van der Waals surface area contributed by atoms with Crippen LogP contribution in [-0.4, -0.2) is 85.4 Å². The van der Waals surface area contributed by atoms with Crippen LogP contribution in [-0.2, 0) is 4.79 Å². The Kier molecular flexibility index (Phi) is 7.24. The molecule has 0 aliphatic carbocycles. The van der Waals surface area contributed by atoms with Crippen molar-refractivity contribution in [1.29, 1.82) is 0 Å². The van der Waals surface area contributed by atoms with Gasteiger partial charge in [-0.1, -0.05) is 25.1 Å². The third-order valence-electron chi connectivity index (χ3n) is 5.81. The molecule has 6 nitrogen and oxygen atoms in total. The lowest BCUT2D eigenvalue weighted by molar-refractivity contribution is -0.126. The molecule has 2 aliphatic rings. The Hall–Kier alpha value is -1.92. The maximum absolute atomic E-state index is 12.5. The first kappa shape index (κ1) is 19.8. The highest BCUT2D eigenvalue weighted by Crippen LogP contribution is 2.19. The van der Waals surface area contributed by atoms with Gasteiger partial charge in [0.1, 0.15) is 0 Å². The summed E-state index contributed by atoms with van der Waals surface area (Å²) in [6.07, 6.45) is 1.50. The van der Waals surface area contributed by atoms with Gasteiger partial charge in [-0.15, -0.1) is 0 Å². The standard InChI is InChI=1S/C21H32N4O2/c1-2-23-14-16-24(17-15-23)13-10-22-20(26)18-8-11-25(12-9-18)21(27)19-6-4-3-5-7-19/h3-7,18H,2,8-17H2,1H3,(H,22,26). The van der Waals surface area contributed by atoms with E-state index >= 15 is 0 Å². The summed E-state index contributed by atoms with van der Waals surface area (Å²) >= 11 is 0. The van der Waals surface area contributed by atoms with Crippen LogP contribution < -0.4 is 5.32 Å². The molecular formula is C21H32N4O2. The van der Waals surface area contributed by atoms with Crippen LogP contribution in [0.3, 0.4) is 0 Å². The van der Waals surface area contributed by atoms with E-state index in [0.717, 1.165) is 57.7 Å². The molecule has 27 heavy (non-hydrogen) atoms. The number of rotatable bonds is 6. The zero-order valence-corrected chi connectivity index (χ0v) is 16.4. The fraction of sp³-hybridized carbons (Fsp3) is 0.619. The Morgan fingerprint density at radius 2 is 1.59 bits per heavy atom. The topological polar surface area (TPSA) is 55.9 Å². The maximum Gasteiger partial charge on any atom is 0.253 e. The first-order valence-electron chi connectivity index (χ1n) is 10.2. The number of carbonyl (C=O) groups excluding carboxylic acids is 2. The van der Waals surface area contributed by atoms with Crippen LogP contribution in [0, 0.1) is 5.92 Å². The Bertz CT molecular complexity index is 606. The molecule has 0 unspecified atom stereocenters. The number of piperidine rings is 1. The number of nitrogens with one attached hydrogen (secondary N) is 1. The van der Waals surface area contributed by atoms with E-state index in [4.69, 9.17) is 0 Å². The molecule has 2 aliphatic heterocycles. The van der Waals surface area contributed by atoms with Gasteiger partial charge in [-0.25, -0.2) is 0 Å². The Labute approximate surface area is 162 Å². The number of hydrogen-bond donors (Lipinski definition) is 1. The molecule has 148 valence electrons. The fourth-order valence-corrected chi connectivity index (χ4v) is 3.92. The molecule has 6 heteroatoms. The van der Waals surface area contributed by atoms with Crippen LogP contribution in [0.15, 0.2) is 30.3 Å². The minimum Gasteiger partial charge on any atom is -0.355 e. The van der Waals surface area contributed by atoms with E-state index in [1.165, 1.54) is 0 Å². The number of carbonyl (C=O) groups is 2. The number of benzene rings is 1. The van der Waals surface area contributed by atoms with Gasteiger partial charge in [0.2, 0.25) is 5.91 Å². The molecule has 2 fully saturated rings. The van der Waals surface area contributed by atoms with Gasteiger partial charge < -0.3 is 15.1 Å². The van der Waals surface area contributed by atoms with E-state index in [9.17, 15) is 9.59 Å². The summed E-state index contributed by atoms with van der Waals surface area (Å²) in [7, 11) is 0. The van der Waals surface area contributed by atoms with Crippen molar-refractivity contribution in [2.24, 2.45) is 5.92 Å². The summed E-state index contributed by atoms with van der Waals surface area (Å²) in [6.45, 7) is 10.7. The molecule has 0 radical (unpaired) electrons. The van der Waals surface area contributed by atoms with Crippen LogP contribution in [0.4, 0.5) is 0 Å². The molecule has 2 saturated heterocycles. The second kappa shape index (κ2) is 9.85. The fourth-order valence-electron chi connectivity index (χ4n) is 3.92. The highest BCUT2D eigenvalue weighted by molar-refractivity contribution is 5.94. The predicted molar refractivity (Wildman–Crippen MR) is 107 cm³/mol. The van der Waals surface area contributed by atoms with Gasteiger partial charge >= 0.3 is 0 Å². The average molecular weight is 373 g/mol. The lowest BCUT2D eigenvalue weighted by Crippen LogP contribution is -2.49. The first-order chi connectivity index (χ1) is 13.2. The second-order valence-electron chi connectivity index (χ2n) is 7.50. The van der Waals surface area contributed by atoms with Crippen molar-refractivity contribution in [2.75, 3.05) is 58.9 Å². The van der Waals surface area contributed by atoms with Gasteiger partial charge in [-0.3, -0.25) is 14.5 Å². The van der Waals surface area contributed by atoms with Crippen molar-refractivity contribution in [3.63, 3.8) is 0 Å². The van der Waals surface area contributed by atoms with E-state index in [2.05, 4.69) is 22.0 Å². The third kappa shape index (κ3) is 5.53. The highest BCUT2D eigenvalue weighted by Gasteiger charge is 2.27. The summed E-state index contributed by atoms with van der Waals surface area (Å²) in [5, 5.41) is 3.10. The van der Waals surface area contributed by atoms with Gasteiger partial charge in [-0.2, -0.15) is 0 Å². The van der Waals surface area contributed by atoms with Gasteiger partial charge in [0.05, 0.1) is 0 Å². The molecule has 1 aromatic carbocycles. The molecule has 2 amide bonds. The minimum absolute atomic E-state index is 0.0294. The second-order valence-corrected chi connectivity index (χ2v) is 7.50. The minimum atomic E-state index is 0.0294. The maximum atomic E-state index is 12.5. The van der Waals surface area contributed by atoms with Crippen LogP contribution >= 0.6 is 0 Å². The molecule has 0 atom stereocenters. The van der Waals surface area contributed by atoms with Crippen molar-refractivity contribution < 1.29 is 9.59 Å². The van der Waals surface area contributed by atoms with E-state index < -0.39 is 0 Å². The van der Waals surface area contributed by atoms with E-state index in [1.807, 2.05) is 35.2 Å². The van der Waals surface area contributed by atoms with Gasteiger partial charge in [-0.05, 0) is 31.5 Å². The first-order valence-corrected chi connectivity index (χ1v) is 10.2. The number of amides is 2. The van der Waals surface area contributed by atoms with Crippen molar-refractivity contribution in [2.45, 2.75) is 19.8 Å². The Morgan fingerprint density at radius 3 is 2.22 bits per heavy atom. The average Bonchev–Trinajstić information content (AvgIpc) is 2.74. The van der Waals surface area contributed by atoms with Gasteiger partial charge in [0.25, 0.3) is 5.91 Å². The Balaban J connectivity index is 1.34. The summed E-state index contributed by atoms with van der Waals surface area (Å²) in [5.41, 5.74) is 0.726. The van der Waals surface area contributed by atoms with E-state index in [1.54, 1.807) is 0 Å². The van der Waals surface area contributed by atoms with Crippen molar-refractivity contribution in [3.8, 4) is 0 Å². The number of likely N-dealkylation sites (tertiary alicyclic amines) is 1. The van der Waals surface area contributed by atoms with E-state index in [0.29, 0.717) is 19.6 Å². The summed E-state index contributed by atoms with van der Waals surface area (Å²) in [6, 6.07) is 9.38. The van der Waals surface area contributed by atoms with Crippen LogP contribution in [0.1, 0.15) is 30.1 Å². The number of likely N-dealkylation sites (N-methyl/N-ethyl adjacent to an activating group) is 1. The molecule has 1 N–H and O–H groups in total. The number of hydrogen-bond acceptors (Lipinski definition) is 4. The van der Waals surface area contributed by atoms with Crippen LogP contribution in [0.25, 0.3) is 0 Å². The number of piperazine rings is 1. The van der Waals surface area contributed by atoms with Gasteiger partial charge in [0.15, 0.2) is 0 Å². The highest BCUT2D eigenvalue weighted by atomic mass is 16.2. The lowest BCUT2D eigenvalue weighted by atomic mass is 9.95. The SMILES string of the molecule is CCN1CCN(CCNC(=O)C2CCN(C(=O)c3ccccc3)CC2)CC1. The summed E-state index contributed by atoms with van der Waals surface area (Å²) in [4.78, 5) is 31.7. The molecule has 3 rings (SSSR count). The molecule has 0 saturated carbocycles. The summed E-state index contributed by atoms with van der Waals surface area (Å²) in [5.74, 6) is 0.247. The van der Waals surface area contributed by atoms with Crippen molar-refractivity contribution in [3.05, 3.63) is 35.9 Å².